The fourth-order valence-corrected chi connectivity index (χ4v) is 3.17. The van der Waals surface area contributed by atoms with E-state index in [2.05, 4.69) is 27.0 Å². The lowest BCUT2D eigenvalue weighted by atomic mass is 10.0. The molecule has 0 aromatic carbocycles. The lowest BCUT2D eigenvalue weighted by molar-refractivity contribution is 0.446. The van der Waals surface area contributed by atoms with Crippen LogP contribution in [0.4, 0.5) is 5.13 Å². The van der Waals surface area contributed by atoms with E-state index >= 15 is 0 Å². The smallest absolute Gasteiger partial charge is 0.284 e. The van der Waals surface area contributed by atoms with Crippen LogP contribution >= 0.6 is 23.6 Å². The second-order valence-corrected chi connectivity index (χ2v) is 5.83. The molecule has 1 aliphatic heterocycles. The van der Waals surface area contributed by atoms with Gasteiger partial charge in [-0.1, -0.05) is 6.92 Å². The predicted molar refractivity (Wildman–Crippen MR) is 73.4 cm³/mol. The number of thiazole rings is 1. The monoisotopic (exact) mass is 282 g/mol. The first-order valence-electron chi connectivity index (χ1n) is 5.99. The highest BCUT2D eigenvalue weighted by molar-refractivity contribution is 7.71. The molecular formula is C11H14N4OS2. The molecule has 3 heterocycles. The van der Waals surface area contributed by atoms with E-state index in [0.29, 0.717) is 5.89 Å². The summed E-state index contributed by atoms with van der Waals surface area (Å²) in [4.78, 5) is 7.19. The largest absolute Gasteiger partial charge is 0.408 e. The molecule has 2 aromatic heterocycles. The van der Waals surface area contributed by atoms with Gasteiger partial charge >= 0.3 is 0 Å². The number of aromatic amines is 1. The number of aromatic nitrogens is 3. The van der Waals surface area contributed by atoms with Gasteiger partial charge in [-0.25, -0.2) is 10.1 Å². The summed E-state index contributed by atoms with van der Waals surface area (Å²) in [5.74, 6) is 1.20. The zero-order chi connectivity index (χ0) is 12.5. The molecule has 96 valence electrons. The van der Waals surface area contributed by atoms with Crippen molar-refractivity contribution in [1.82, 2.24) is 15.2 Å². The SMILES string of the molecule is CC1CCCN(c2nc(-c3n[nH]c(=S)o3)cs2)C1. The minimum absolute atomic E-state index is 0.283. The molecule has 0 radical (unpaired) electrons. The van der Waals surface area contributed by atoms with Crippen molar-refractivity contribution in [2.75, 3.05) is 18.0 Å². The van der Waals surface area contributed by atoms with Crippen LogP contribution in [0, 0.1) is 10.8 Å². The fourth-order valence-electron chi connectivity index (χ4n) is 2.21. The highest BCUT2D eigenvalue weighted by Gasteiger charge is 2.20. The number of nitrogens with zero attached hydrogens (tertiary/aromatic N) is 3. The van der Waals surface area contributed by atoms with E-state index in [9.17, 15) is 0 Å². The first-order chi connectivity index (χ1) is 8.72. The Kier molecular flexibility index (Phi) is 3.17. The van der Waals surface area contributed by atoms with Crippen LogP contribution in [0.3, 0.4) is 0 Å². The predicted octanol–water partition coefficient (Wildman–Crippen LogP) is 3.09. The Hall–Kier alpha value is -1.21. The van der Waals surface area contributed by atoms with Gasteiger partial charge in [0.2, 0.25) is 0 Å². The molecule has 1 fully saturated rings. The van der Waals surface area contributed by atoms with Crippen molar-refractivity contribution in [2.24, 2.45) is 5.92 Å². The maximum atomic E-state index is 5.27. The number of piperidine rings is 1. The summed E-state index contributed by atoms with van der Waals surface area (Å²) in [5.41, 5.74) is 0.751. The summed E-state index contributed by atoms with van der Waals surface area (Å²) in [7, 11) is 0. The van der Waals surface area contributed by atoms with Gasteiger partial charge in [0.05, 0.1) is 0 Å². The average Bonchev–Trinajstić information content (AvgIpc) is 2.97. The molecule has 0 aliphatic carbocycles. The summed E-state index contributed by atoms with van der Waals surface area (Å²) in [6.45, 7) is 4.45. The Morgan fingerprint density at radius 3 is 3.22 bits per heavy atom. The number of rotatable bonds is 2. The quantitative estimate of drug-likeness (QED) is 0.858. The standard InChI is InChI=1S/C11H14N4OS2/c1-7-3-2-4-15(5-7)10-12-8(6-18-10)9-13-14-11(17)16-9/h6-7H,2-5H2,1H3,(H,14,17). The second kappa shape index (κ2) is 4.81. The lowest BCUT2D eigenvalue weighted by Crippen LogP contribution is -2.34. The van der Waals surface area contributed by atoms with Crippen molar-refractivity contribution in [3.8, 4) is 11.6 Å². The molecule has 2 aromatic rings. The van der Waals surface area contributed by atoms with Gasteiger partial charge in [0, 0.05) is 18.5 Å². The number of nitrogens with one attached hydrogen (secondary N) is 1. The Morgan fingerprint density at radius 1 is 1.61 bits per heavy atom. The third-order valence-electron chi connectivity index (χ3n) is 3.08. The van der Waals surface area contributed by atoms with E-state index in [1.807, 2.05) is 5.38 Å². The van der Waals surface area contributed by atoms with E-state index in [1.165, 1.54) is 12.8 Å². The van der Waals surface area contributed by atoms with E-state index in [4.69, 9.17) is 16.6 Å². The van der Waals surface area contributed by atoms with Crippen molar-refractivity contribution in [1.29, 1.82) is 0 Å². The molecule has 1 atom stereocenters. The lowest BCUT2D eigenvalue weighted by Gasteiger charge is -2.30. The molecule has 0 saturated carbocycles. The van der Waals surface area contributed by atoms with Gasteiger partial charge < -0.3 is 9.32 Å². The van der Waals surface area contributed by atoms with Crippen molar-refractivity contribution < 1.29 is 4.42 Å². The molecule has 1 aliphatic rings. The van der Waals surface area contributed by atoms with Gasteiger partial charge in [-0.15, -0.1) is 16.4 Å². The fraction of sp³-hybridized carbons (Fsp3) is 0.545. The van der Waals surface area contributed by atoms with Crippen LogP contribution in [-0.2, 0) is 0 Å². The molecule has 1 unspecified atom stereocenters. The Balaban J connectivity index is 1.83. The molecule has 3 rings (SSSR count). The summed E-state index contributed by atoms with van der Waals surface area (Å²) < 4.78 is 5.27. The summed E-state index contributed by atoms with van der Waals surface area (Å²) in [5, 5.41) is 9.61. The highest BCUT2D eigenvalue weighted by Crippen LogP contribution is 2.29. The maximum absolute atomic E-state index is 5.27. The molecule has 18 heavy (non-hydrogen) atoms. The zero-order valence-corrected chi connectivity index (χ0v) is 11.7. The van der Waals surface area contributed by atoms with Gasteiger partial charge in [0.15, 0.2) is 5.13 Å². The van der Waals surface area contributed by atoms with E-state index in [1.54, 1.807) is 11.3 Å². The third kappa shape index (κ3) is 2.32. The van der Waals surface area contributed by atoms with Gasteiger partial charge in [-0.3, -0.25) is 0 Å². The minimum Gasteiger partial charge on any atom is -0.408 e. The number of anilines is 1. The molecule has 0 amide bonds. The van der Waals surface area contributed by atoms with E-state index < -0.39 is 0 Å². The average molecular weight is 282 g/mol. The topological polar surface area (TPSA) is 58.0 Å². The Labute approximate surface area is 114 Å². The Bertz CT molecular complexity index is 588. The number of hydrogen-bond donors (Lipinski definition) is 1. The first-order valence-corrected chi connectivity index (χ1v) is 7.27. The minimum atomic E-state index is 0.283. The van der Waals surface area contributed by atoms with Crippen LogP contribution in [-0.4, -0.2) is 28.3 Å². The molecule has 1 saturated heterocycles. The first kappa shape index (κ1) is 11.9. The summed E-state index contributed by atoms with van der Waals surface area (Å²) in [6, 6.07) is 0. The second-order valence-electron chi connectivity index (χ2n) is 4.63. The van der Waals surface area contributed by atoms with Gasteiger partial charge in [0.1, 0.15) is 5.69 Å². The maximum Gasteiger partial charge on any atom is 0.284 e. The molecule has 7 heteroatoms. The summed E-state index contributed by atoms with van der Waals surface area (Å²) >= 11 is 6.49. The van der Waals surface area contributed by atoms with Crippen LogP contribution in [0.15, 0.2) is 9.80 Å². The molecular weight excluding hydrogens is 268 g/mol. The van der Waals surface area contributed by atoms with Crippen LogP contribution in [0.1, 0.15) is 19.8 Å². The van der Waals surface area contributed by atoms with E-state index in [-0.39, 0.29) is 4.84 Å². The van der Waals surface area contributed by atoms with Crippen molar-refractivity contribution >= 4 is 28.7 Å². The van der Waals surface area contributed by atoms with Gasteiger partial charge in [-0.05, 0) is 31.0 Å². The van der Waals surface area contributed by atoms with Crippen molar-refractivity contribution in [3.05, 3.63) is 10.2 Å². The highest BCUT2D eigenvalue weighted by atomic mass is 32.1. The normalized spacial score (nSPS) is 20.3. The Morgan fingerprint density at radius 2 is 2.50 bits per heavy atom. The van der Waals surface area contributed by atoms with Crippen LogP contribution < -0.4 is 4.90 Å². The van der Waals surface area contributed by atoms with Crippen molar-refractivity contribution in [3.63, 3.8) is 0 Å². The zero-order valence-electron chi connectivity index (χ0n) is 10.0. The van der Waals surface area contributed by atoms with Gasteiger partial charge in [-0.2, -0.15) is 0 Å². The van der Waals surface area contributed by atoms with Crippen molar-refractivity contribution in [2.45, 2.75) is 19.8 Å². The van der Waals surface area contributed by atoms with Crippen LogP contribution in [0.25, 0.3) is 11.6 Å². The van der Waals surface area contributed by atoms with E-state index in [0.717, 1.165) is 29.8 Å². The molecule has 1 N–H and O–H groups in total. The van der Waals surface area contributed by atoms with Crippen LogP contribution in [0.5, 0.6) is 0 Å². The summed E-state index contributed by atoms with van der Waals surface area (Å²) in [6.07, 6.45) is 2.54. The van der Waals surface area contributed by atoms with Crippen LogP contribution in [0.2, 0.25) is 0 Å². The number of hydrogen-bond acceptors (Lipinski definition) is 6. The van der Waals surface area contributed by atoms with Gasteiger partial charge in [0.25, 0.3) is 10.7 Å². The molecule has 5 nitrogen and oxygen atoms in total. The third-order valence-corrected chi connectivity index (χ3v) is 4.15. The number of H-pyrrole nitrogens is 1. The molecule has 0 bridgehead atoms. The molecule has 0 spiro atoms.